The minimum absolute atomic E-state index is 0.160. The van der Waals surface area contributed by atoms with E-state index in [0.717, 1.165) is 35.4 Å². The number of nitrogens with zero attached hydrogens (tertiary/aromatic N) is 3. The topological polar surface area (TPSA) is 50.2 Å². The predicted molar refractivity (Wildman–Crippen MR) is 68.5 cm³/mol. The Balaban J connectivity index is 2.16. The summed E-state index contributed by atoms with van der Waals surface area (Å²) in [7, 11) is 1.91. The van der Waals surface area contributed by atoms with Crippen molar-refractivity contribution in [1.29, 1.82) is 0 Å². The Bertz CT molecular complexity index is 429. The maximum absolute atomic E-state index is 11.9. The molecular formula is C11H17BrN4O. The summed E-state index contributed by atoms with van der Waals surface area (Å²) in [6, 6.07) is 0. The van der Waals surface area contributed by atoms with Gasteiger partial charge in [-0.25, -0.2) is 0 Å². The molecule has 0 spiro atoms. The van der Waals surface area contributed by atoms with E-state index in [0.29, 0.717) is 13.1 Å². The highest BCUT2D eigenvalue weighted by Crippen LogP contribution is 2.21. The van der Waals surface area contributed by atoms with Crippen molar-refractivity contribution >= 4 is 21.8 Å². The Morgan fingerprint density at radius 1 is 1.53 bits per heavy atom. The fourth-order valence-electron chi connectivity index (χ4n) is 2.03. The molecule has 17 heavy (non-hydrogen) atoms. The monoisotopic (exact) mass is 300 g/mol. The van der Waals surface area contributed by atoms with Crippen LogP contribution in [0.2, 0.25) is 0 Å². The molecule has 1 aromatic rings. The lowest BCUT2D eigenvalue weighted by atomic mass is 10.3. The highest BCUT2D eigenvalue weighted by molar-refractivity contribution is 9.10. The number of aromatic nitrogens is 2. The average molecular weight is 301 g/mol. The molecule has 0 aliphatic carbocycles. The first-order valence-electron chi connectivity index (χ1n) is 5.76. The van der Waals surface area contributed by atoms with Crippen LogP contribution in [0.3, 0.4) is 0 Å². The van der Waals surface area contributed by atoms with E-state index in [2.05, 4.69) is 26.3 Å². The van der Waals surface area contributed by atoms with Gasteiger partial charge in [0, 0.05) is 13.6 Å². The number of nitrogens with one attached hydrogen (secondary N) is 1. The molecule has 0 unspecified atom stereocenters. The first-order chi connectivity index (χ1) is 8.09. The van der Waals surface area contributed by atoms with E-state index >= 15 is 0 Å². The number of aryl methyl sites for hydroxylation is 2. The van der Waals surface area contributed by atoms with E-state index in [1.807, 2.05) is 23.6 Å². The Hall–Kier alpha value is -0.880. The van der Waals surface area contributed by atoms with Gasteiger partial charge in [-0.05, 0) is 35.8 Å². The van der Waals surface area contributed by atoms with Crippen molar-refractivity contribution in [3.63, 3.8) is 0 Å². The average Bonchev–Trinajstić information content (AvgIpc) is 2.45. The summed E-state index contributed by atoms with van der Waals surface area (Å²) >= 11 is 3.53. The van der Waals surface area contributed by atoms with Gasteiger partial charge in [-0.15, -0.1) is 0 Å². The van der Waals surface area contributed by atoms with E-state index < -0.39 is 0 Å². The van der Waals surface area contributed by atoms with Gasteiger partial charge < -0.3 is 10.2 Å². The van der Waals surface area contributed by atoms with Crippen molar-refractivity contribution < 1.29 is 4.79 Å². The zero-order valence-corrected chi connectivity index (χ0v) is 11.7. The van der Waals surface area contributed by atoms with Crippen LogP contribution in [-0.4, -0.2) is 40.2 Å². The van der Waals surface area contributed by atoms with Crippen molar-refractivity contribution in [2.24, 2.45) is 7.05 Å². The standard InChI is InChI=1S/C11H17BrN4O/c1-8-11(12)9(15(2)14-8)7-16-5-3-4-13-6-10(16)17/h13H,3-7H2,1-2H3. The Labute approximate surface area is 109 Å². The molecule has 0 atom stereocenters. The lowest BCUT2D eigenvalue weighted by Gasteiger charge is -2.20. The summed E-state index contributed by atoms with van der Waals surface area (Å²) in [6.45, 7) is 4.74. The Kier molecular flexibility index (Phi) is 3.83. The number of carbonyl (C=O) groups is 1. The predicted octanol–water partition coefficient (Wildman–Crippen LogP) is 0.813. The van der Waals surface area contributed by atoms with Gasteiger partial charge in [-0.2, -0.15) is 5.10 Å². The molecule has 1 aliphatic rings. The largest absolute Gasteiger partial charge is 0.336 e. The van der Waals surface area contributed by atoms with Crippen LogP contribution in [0.15, 0.2) is 4.47 Å². The Morgan fingerprint density at radius 3 is 2.94 bits per heavy atom. The van der Waals surface area contributed by atoms with Gasteiger partial charge in [0.05, 0.1) is 29.0 Å². The van der Waals surface area contributed by atoms with E-state index in [1.165, 1.54) is 0 Å². The zero-order valence-electron chi connectivity index (χ0n) is 10.2. The number of hydrogen-bond donors (Lipinski definition) is 1. The second-order valence-corrected chi connectivity index (χ2v) is 5.11. The SMILES string of the molecule is Cc1nn(C)c(CN2CCCNCC2=O)c1Br. The van der Waals surface area contributed by atoms with Crippen LogP contribution in [0.25, 0.3) is 0 Å². The highest BCUT2D eigenvalue weighted by Gasteiger charge is 2.20. The molecule has 5 nitrogen and oxygen atoms in total. The fraction of sp³-hybridized carbons (Fsp3) is 0.636. The van der Waals surface area contributed by atoms with Gasteiger partial charge in [0.25, 0.3) is 0 Å². The molecule has 1 amide bonds. The first-order valence-corrected chi connectivity index (χ1v) is 6.55. The molecule has 1 aliphatic heterocycles. The smallest absolute Gasteiger partial charge is 0.236 e. The lowest BCUT2D eigenvalue weighted by Crippen LogP contribution is -2.34. The molecule has 0 bridgehead atoms. The summed E-state index contributed by atoms with van der Waals surface area (Å²) in [5.74, 6) is 0.160. The van der Waals surface area contributed by atoms with Gasteiger partial charge in [0.15, 0.2) is 0 Å². The molecular weight excluding hydrogens is 284 g/mol. The van der Waals surface area contributed by atoms with Crippen LogP contribution in [0.1, 0.15) is 17.8 Å². The Morgan fingerprint density at radius 2 is 2.29 bits per heavy atom. The molecule has 2 rings (SSSR count). The molecule has 0 aromatic carbocycles. The molecule has 1 saturated heterocycles. The van der Waals surface area contributed by atoms with Crippen LogP contribution in [0.5, 0.6) is 0 Å². The van der Waals surface area contributed by atoms with E-state index in [4.69, 9.17) is 0 Å². The van der Waals surface area contributed by atoms with Gasteiger partial charge in [-0.1, -0.05) is 0 Å². The van der Waals surface area contributed by atoms with Crippen molar-refractivity contribution in [3.8, 4) is 0 Å². The molecule has 1 N–H and O–H groups in total. The second kappa shape index (κ2) is 5.18. The van der Waals surface area contributed by atoms with Gasteiger partial charge >= 0.3 is 0 Å². The van der Waals surface area contributed by atoms with Gasteiger partial charge in [0.2, 0.25) is 5.91 Å². The number of carbonyl (C=O) groups excluding carboxylic acids is 1. The van der Waals surface area contributed by atoms with Crippen LogP contribution >= 0.6 is 15.9 Å². The zero-order chi connectivity index (χ0) is 12.4. The first kappa shape index (κ1) is 12.6. The van der Waals surface area contributed by atoms with Crippen molar-refractivity contribution in [1.82, 2.24) is 20.0 Å². The molecule has 94 valence electrons. The lowest BCUT2D eigenvalue weighted by molar-refractivity contribution is -0.130. The third-order valence-electron chi connectivity index (χ3n) is 3.01. The van der Waals surface area contributed by atoms with Crippen molar-refractivity contribution in [2.45, 2.75) is 19.9 Å². The van der Waals surface area contributed by atoms with E-state index in [9.17, 15) is 4.79 Å². The molecule has 6 heteroatoms. The summed E-state index contributed by atoms with van der Waals surface area (Å²) in [5, 5.41) is 7.46. The molecule has 1 aromatic heterocycles. The summed E-state index contributed by atoms with van der Waals surface area (Å²) in [5.41, 5.74) is 2.01. The summed E-state index contributed by atoms with van der Waals surface area (Å²) in [6.07, 6.45) is 1.00. The number of hydrogen-bond acceptors (Lipinski definition) is 3. The van der Waals surface area contributed by atoms with Gasteiger partial charge in [0.1, 0.15) is 0 Å². The quantitative estimate of drug-likeness (QED) is 0.879. The normalized spacial score (nSPS) is 17.4. The molecule has 2 heterocycles. The summed E-state index contributed by atoms with van der Waals surface area (Å²) < 4.78 is 2.84. The van der Waals surface area contributed by atoms with E-state index in [-0.39, 0.29) is 5.91 Å². The molecule has 0 radical (unpaired) electrons. The molecule has 0 saturated carbocycles. The minimum Gasteiger partial charge on any atom is -0.336 e. The third kappa shape index (κ3) is 2.69. The minimum atomic E-state index is 0.160. The number of rotatable bonds is 2. The van der Waals surface area contributed by atoms with E-state index in [1.54, 1.807) is 0 Å². The third-order valence-corrected chi connectivity index (χ3v) is 4.04. The van der Waals surface area contributed by atoms with Crippen molar-refractivity contribution in [2.75, 3.05) is 19.6 Å². The highest BCUT2D eigenvalue weighted by atomic mass is 79.9. The number of halogens is 1. The maximum atomic E-state index is 11.9. The van der Waals surface area contributed by atoms with Crippen molar-refractivity contribution in [3.05, 3.63) is 15.9 Å². The van der Waals surface area contributed by atoms with Crippen LogP contribution in [0.4, 0.5) is 0 Å². The van der Waals surface area contributed by atoms with Gasteiger partial charge in [-0.3, -0.25) is 9.48 Å². The molecule has 1 fully saturated rings. The fourth-order valence-corrected chi connectivity index (χ4v) is 2.49. The van der Waals surface area contributed by atoms with Crippen LogP contribution in [0, 0.1) is 6.92 Å². The second-order valence-electron chi connectivity index (χ2n) is 4.32. The van der Waals surface area contributed by atoms with Crippen LogP contribution < -0.4 is 5.32 Å². The number of amides is 1. The maximum Gasteiger partial charge on any atom is 0.236 e. The summed E-state index contributed by atoms with van der Waals surface area (Å²) in [4.78, 5) is 13.8. The van der Waals surface area contributed by atoms with Crippen LogP contribution in [-0.2, 0) is 18.4 Å².